The van der Waals surface area contributed by atoms with Crippen molar-refractivity contribution in [2.24, 2.45) is 5.41 Å². The van der Waals surface area contributed by atoms with Gasteiger partial charge in [-0.05, 0) is 41.2 Å². The molecule has 0 radical (unpaired) electrons. The van der Waals surface area contributed by atoms with Gasteiger partial charge in [0.05, 0.1) is 5.69 Å². The second-order valence-electron chi connectivity index (χ2n) is 6.02. The van der Waals surface area contributed by atoms with E-state index in [2.05, 4.69) is 41.3 Å². The lowest BCUT2D eigenvalue weighted by Crippen LogP contribution is -2.31. The first-order valence-corrected chi connectivity index (χ1v) is 7.21. The molecule has 0 spiro atoms. The van der Waals surface area contributed by atoms with E-state index in [1.807, 2.05) is 12.1 Å². The molecule has 1 aliphatic carbocycles. The maximum Gasteiger partial charge on any atom is 0.115 e. The molecule has 2 aromatic rings. The van der Waals surface area contributed by atoms with Crippen molar-refractivity contribution < 1.29 is 0 Å². The van der Waals surface area contributed by atoms with E-state index in [0.29, 0.717) is 6.04 Å². The average Bonchev–Trinajstić information content (AvgIpc) is 2.67. The molecule has 0 saturated carbocycles. The minimum absolute atomic E-state index is 0.181. The SMILES string of the molecule is CC1(C)Cc2ccc(Cl)cc2C1NCc1ccncn1. The first-order valence-electron chi connectivity index (χ1n) is 6.83. The fraction of sp³-hybridized carbons (Fsp3) is 0.375. The summed E-state index contributed by atoms with van der Waals surface area (Å²) in [5, 5.41) is 4.42. The predicted octanol–water partition coefficient (Wildman–Crippen LogP) is 3.54. The molecule has 1 aromatic heterocycles. The molecule has 0 aliphatic heterocycles. The van der Waals surface area contributed by atoms with Crippen molar-refractivity contribution in [2.45, 2.75) is 32.9 Å². The molecular weight excluding hydrogens is 270 g/mol. The zero-order chi connectivity index (χ0) is 14.2. The lowest BCUT2D eigenvalue weighted by atomic mass is 9.85. The van der Waals surface area contributed by atoms with Crippen LogP contribution in [0.1, 0.15) is 36.7 Å². The second kappa shape index (κ2) is 5.15. The Kier molecular flexibility index (Phi) is 3.48. The molecule has 1 N–H and O–H groups in total. The lowest BCUT2D eigenvalue weighted by molar-refractivity contribution is 0.267. The van der Waals surface area contributed by atoms with Crippen molar-refractivity contribution in [1.82, 2.24) is 15.3 Å². The number of nitrogens with one attached hydrogen (secondary N) is 1. The summed E-state index contributed by atoms with van der Waals surface area (Å²) in [4.78, 5) is 8.21. The molecule has 1 heterocycles. The molecule has 0 fully saturated rings. The summed E-state index contributed by atoms with van der Waals surface area (Å²) >= 11 is 6.15. The summed E-state index contributed by atoms with van der Waals surface area (Å²) in [6, 6.07) is 8.44. The van der Waals surface area contributed by atoms with Gasteiger partial charge >= 0.3 is 0 Å². The summed E-state index contributed by atoms with van der Waals surface area (Å²) in [5.41, 5.74) is 3.89. The third-order valence-electron chi connectivity index (χ3n) is 3.98. The zero-order valence-corrected chi connectivity index (χ0v) is 12.5. The molecule has 3 nitrogen and oxygen atoms in total. The van der Waals surface area contributed by atoms with E-state index in [4.69, 9.17) is 11.6 Å². The van der Waals surface area contributed by atoms with Gasteiger partial charge in [-0.3, -0.25) is 0 Å². The largest absolute Gasteiger partial charge is 0.304 e. The highest BCUT2D eigenvalue weighted by atomic mass is 35.5. The highest BCUT2D eigenvalue weighted by Crippen LogP contribution is 2.45. The van der Waals surface area contributed by atoms with Crippen LogP contribution in [0.15, 0.2) is 36.8 Å². The van der Waals surface area contributed by atoms with Gasteiger partial charge in [-0.15, -0.1) is 0 Å². The first kappa shape index (κ1) is 13.5. The highest BCUT2D eigenvalue weighted by Gasteiger charge is 2.38. The van der Waals surface area contributed by atoms with Crippen molar-refractivity contribution in [3.63, 3.8) is 0 Å². The summed E-state index contributed by atoms with van der Waals surface area (Å²) in [6.07, 6.45) is 4.43. The zero-order valence-electron chi connectivity index (χ0n) is 11.7. The van der Waals surface area contributed by atoms with Crippen LogP contribution in [-0.4, -0.2) is 9.97 Å². The average molecular weight is 288 g/mol. The third-order valence-corrected chi connectivity index (χ3v) is 4.21. The van der Waals surface area contributed by atoms with E-state index >= 15 is 0 Å². The van der Waals surface area contributed by atoms with Gasteiger partial charge in [0, 0.05) is 23.8 Å². The quantitative estimate of drug-likeness (QED) is 0.938. The summed E-state index contributed by atoms with van der Waals surface area (Å²) in [7, 11) is 0. The van der Waals surface area contributed by atoms with Crippen LogP contribution in [-0.2, 0) is 13.0 Å². The molecule has 1 aromatic carbocycles. The number of fused-ring (bicyclic) bond motifs is 1. The van der Waals surface area contributed by atoms with Crippen molar-refractivity contribution in [2.75, 3.05) is 0 Å². The van der Waals surface area contributed by atoms with Crippen LogP contribution in [0.25, 0.3) is 0 Å². The predicted molar refractivity (Wildman–Crippen MR) is 80.5 cm³/mol. The molecular formula is C16H18ClN3. The normalized spacial score (nSPS) is 19.9. The molecule has 3 rings (SSSR count). The van der Waals surface area contributed by atoms with Gasteiger partial charge in [0.25, 0.3) is 0 Å². The summed E-state index contributed by atoms with van der Waals surface area (Å²) < 4.78 is 0. The second-order valence-corrected chi connectivity index (χ2v) is 6.46. The maximum absolute atomic E-state index is 6.15. The minimum Gasteiger partial charge on any atom is -0.304 e. The van der Waals surface area contributed by atoms with E-state index < -0.39 is 0 Å². The van der Waals surface area contributed by atoms with Gasteiger partial charge in [-0.1, -0.05) is 31.5 Å². The molecule has 104 valence electrons. The molecule has 0 saturated heterocycles. The van der Waals surface area contributed by atoms with Crippen LogP contribution < -0.4 is 5.32 Å². The number of benzene rings is 1. The number of halogens is 1. The van der Waals surface area contributed by atoms with E-state index in [1.165, 1.54) is 11.1 Å². The molecule has 1 atom stereocenters. The smallest absolute Gasteiger partial charge is 0.115 e. The number of hydrogen-bond acceptors (Lipinski definition) is 3. The van der Waals surface area contributed by atoms with Gasteiger partial charge in [0.15, 0.2) is 0 Å². The Morgan fingerprint density at radius 3 is 2.95 bits per heavy atom. The Balaban J connectivity index is 1.83. The topological polar surface area (TPSA) is 37.8 Å². The number of rotatable bonds is 3. The Morgan fingerprint density at radius 2 is 2.20 bits per heavy atom. The van der Waals surface area contributed by atoms with Crippen molar-refractivity contribution >= 4 is 11.6 Å². The van der Waals surface area contributed by atoms with E-state index in [1.54, 1.807) is 12.5 Å². The van der Waals surface area contributed by atoms with Crippen LogP contribution in [0.2, 0.25) is 5.02 Å². The van der Waals surface area contributed by atoms with Gasteiger partial charge in [-0.2, -0.15) is 0 Å². The standard InChI is InChI=1S/C16H18ClN3/c1-16(2)8-11-3-4-12(17)7-14(11)15(16)19-9-13-5-6-18-10-20-13/h3-7,10,15,19H,8-9H2,1-2H3. The van der Waals surface area contributed by atoms with Crippen LogP contribution in [0.4, 0.5) is 0 Å². The Morgan fingerprint density at radius 1 is 1.35 bits per heavy atom. The van der Waals surface area contributed by atoms with Crippen LogP contribution in [0, 0.1) is 5.41 Å². The van der Waals surface area contributed by atoms with Gasteiger partial charge < -0.3 is 5.32 Å². The molecule has 0 amide bonds. The molecule has 20 heavy (non-hydrogen) atoms. The van der Waals surface area contributed by atoms with E-state index in [0.717, 1.165) is 23.7 Å². The number of hydrogen-bond donors (Lipinski definition) is 1. The van der Waals surface area contributed by atoms with Crippen molar-refractivity contribution in [3.8, 4) is 0 Å². The lowest BCUT2D eigenvalue weighted by Gasteiger charge is -2.28. The summed E-state index contributed by atoms with van der Waals surface area (Å²) in [6.45, 7) is 5.32. The van der Waals surface area contributed by atoms with E-state index in [-0.39, 0.29) is 5.41 Å². The van der Waals surface area contributed by atoms with E-state index in [9.17, 15) is 0 Å². The molecule has 1 unspecified atom stereocenters. The first-order chi connectivity index (χ1) is 9.56. The molecule has 4 heteroatoms. The maximum atomic E-state index is 6.15. The van der Waals surface area contributed by atoms with Crippen molar-refractivity contribution in [1.29, 1.82) is 0 Å². The third kappa shape index (κ3) is 2.56. The molecule has 0 bridgehead atoms. The van der Waals surface area contributed by atoms with Crippen LogP contribution >= 0.6 is 11.6 Å². The fourth-order valence-corrected chi connectivity index (χ4v) is 3.21. The minimum atomic E-state index is 0.181. The molecule has 1 aliphatic rings. The van der Waals surface area contributed by atoms with Crippen LogP contribution in [0.5, 0.6) is 0 Å². The Bertz CT molecular complexity index is 610. The fourth-order valence-electron chi connectivity index (χ4n) is 3.02. The van der Waals surface area contributed by atoms with Crippen LogP contribution in [0.3, 0.4) is 0 Å². The van der Waals surface area contributed by atoms with Crippen molar-refractivity contribution in [3.05, 3.63) is 58.6 Å². The van der Waals surface area contributed by atoms with Gasteiger partial charge in [-0.25, -0.2) is 9.97 Å². The Labute approximate surface area is 124 Å². The monoisotopic (exact) mass is 287 g/mol. The number of nitrogens with zero attached hydrogens (tertiary/aromatic N) is 2. The van der Waals surface area contributed by atoms with Gasteiger partial charge in [0.1, 0.15) is 6.33 Å². The van der Waals surface area contributed by atoms with Gasteiger partial charge in [0.2, 0.25) is 0 Å². The number of aromatic nitrogens is 2. The Hall–Kier alpha value is -1.45. The highest BCUT2D eigenvalue weighted by molar-refractivity contribution is 6.30. The summed E-state index contributed by atoms with van der Waals surface area (Å²) in [5.74, 6) is 0.